The van der Waals surface area contributed by atoms with Crippen LogP contribution < -0.4 is 0 Å². The standard InChI is InChI=1S/C13H18O4S/c1-10-5-7-12(8-6-10)18(15,16)17-9-11-3-2-4-13(11)14/h5-8,11,13-14H,2-4,9H2,1H3. The van der Waals surface area contributed by atoms with E-state index in [4.69, 9.17) is 4.18 Å². The summed E-state index contributed by atoms with van der Waals surface area (Å²) < 4.78 is 28.8. The molecule has 1 aliphatic carbocycles. The Morgan fingerprint density at radius 2 is 1.94 bits per heavy atom. The minimum absolute atomic E-state index is 0.0646. The highest BCUT2D eigenvalue weighted by molar-refractivity contribution is 7.86. The fraction of sp³-hybridized carbons (Fsp3) is 0.538. The Labute approximate surface area is 108 Å². The Hall–Kier alpha value is -0.910. The first-order valence-corrected chi connectivity index (χ1v) is 7.54. The summed E-state index contributed by atoms with van der Waals surface area (Å²) in [6.45, 7) is 1.96. The summed E-state index contributed by atoms with van der Waals surface area (Å²) in [4.78, 5) is 0.167. The van der Waals surface area contributed by atoms with Crippen molar-refractivity contribution in [2.75, 3.05) is 6.61 Å². The molecule has 2 unspecified atom stereocenters. The molecule has 2 atom stereocenters. The summed E-state index contributed by atoms with van der Waals surface area (Å²) >= 11 is 0. The van der Waals surface area contributed by atoms with Gasteiger partial charge < -0.3 is 5.11 Å². The average Bonchev–Trinajstić information content (AvgIpc) is 2.73. The van der Waals surface area contributed by atoms with Crippen molar-refractivity contribution in [3.63, 3.8) is 0 Å². The van der Waals surface area contributed by atoms with Gasteiger partial charge in [-0.3, -0.25) is 4.18 Å². The van der Waals surface area contributed by atoms with Crippen molar-refractivity contribution < 1.29 is 17.7 Å². The fourth-order valence-electron chi connectivity index (χ4n) is 2.16. The van der Waals surface area contributed by atoms with E-state index in [1.54, 1.807) is 12.1 Å². The van der Waals surface area contributed by atoms with Gasteiger partial charge in [0, 0.05) is 5.92 Å². The van der Waals surface area contributed by atoms with Crippen LogP contribution in [0.5, 0.6) is 0 Å². The third kappa shape index (κ3) is 3.10. The molecule has 1 N–H and O–H groups in total. The van der Waals surface area contributed by atoms with Crippen molar-refractivity contribution in [3.8, 4) is 0 Å². The van der Waals surface area contributed by atoms with Crippen LogP contribution in [0.25, 0.3) is 0 Å². The molecule has 18 heavy (non-hydrogen) atoms. The van der Waals surface area contributed by atoms with E-state index in [0.717, 1.165) is 24.8 Å². The van der Waals surface area contributed by atoms with Gasteiger partial charge in [0.05, 0.1) is 17.6 Å². The lowest BCUT2D eigenvalue weighted by Crippen LogP contribution is -2.21. The molecule has 4 nitrogen and oxygen atoms in total. The van der Waals surface area contributed by atoms with E-state index in [-0.39, 0.29) is 17.4 Å². The van der Waals surface area contributed by atoms with Gasteiger partial charge >= 0.3 is 0 Å². The molecule has 0 spiro atoms. The topological polar surface area (TPSA) is 63.6 Å². The highest BCUT2D eigenvalue weighted by Gasteiger charge is 2.27. The van der Waals surface area contributed by atoms with E-state index in [9.17, 15) is 13.5 Å². The zero-order valence-corrected chi connectivity index (χ0v) is 11.2. The van der Waals surface area contributed by atoms with Crippen LogP contribution >= 0.6 is 0 Å². The second-order valence-electron chi connectivity index (χ2n) is 4.81. The molecular weight excluding hydrogens is 252 g/mol. The average molecular weight is 270 g/mol. The Balaban J connectivity index is 2.01. The summed E-state index contributed by atoms with van der Waals surface area (Å²) in [5.74, 6) is -0.0646. The molecule has 1 aromatic carbocycles. The highest BCUT2D eigenvalue weighted by Crippen LogP contribution is 2.26. The summed E-state index contributed by atoms with van der Waals surface area (Å²) in [5, 5.41) is 9.62. The maximum Gasteiger partial charge on any atom is 0.296 e. The summed E-state index contributed by atoms with van der Waals surface area (Å²) in [6.07, 6.45) is 2.06. The predicted molar refractivity (Wildman–Crippen MR) is 67.7 cm³/mol. The molecule has 0 saturated heterocycles. The van der Waals surface area contributed by atoms with Crippen molar-refractivity contribution in [3.05, 3.63) is 29.8 Å². The quantitative estimate of drug-likeness (QED) is 0.848. The maximum absolute atomic E-state index is 11.9. The first kappa shape index (κ1) is 13.5. The third-order valence-corrected chi connectivity index (χ3v) is 4.66. The zero-order chi connectivity index (χ0) is 13.2. The molecule has 100 valence electrons. The normalized spacial score (nSPS) is 24.3. The van der Waals surface area contributed by atoms with Crippen LogP contribution in [0, 0.1) is 12.8 Å². The number of rotatable bonds is 4. The van der Waals surface area contributed by atoms with E-state index in [1.165, 1.54) is 12.1 Å². The molecule has 0 bridgehead atoms. The molecule has 1 saturated carbocycles. The Bertz CT molecular complexity index is 492. The largest absolute Gasteiger partial charge is 0.393 e. The highest BCUT2D eigenvalue weighted by atomic mass is 32.2. The lowest BCUT2D eigenvalue weighted by Gasteiger charge is -2.14. The van der Waals surface area contributed by atoms with Gasteiger partial charge in [0.2, 0.25) is 0 Å². The molecule has 0 aliphatic heterocycles. The molecule has 1 fully saturated rings. The lowest BCUT2D eigenvalue weighted by atomic mass is 10.1. The molecule has 1 aromatic rings. The summed E-state index contributed by atoms with van der Waals surface area (Å²) in [5.41, 5.74) is 1.00. The number of aliphatic hydroxyl groups excluding tert-OH is 1. The van der Waals surface area contributed by atoms with Crippen molar-refractivity contribution in [2.45, 2.75) is 37.2 Å². The van der Waals surface area contributed by atoms with Gasteiger partial charge in [-0.15, -0.1) is 0 Å². The monoisotopic (exact) mass is 270 g/mol. The fourth-order valence-corrected chi connectivity index (χ4v) is 3.12. The van der Waals surface area contributed by atoms with Gasteiger partial charge in [0.1, 0.15) is 0 Å². The lowest BCUT2D eigenvalue weighted by molar-refractivity contribution is 0.101. The Morgan fingerprint density at radius 1 is 1.28 bits per heavy atom. The van der Waals surface area contributed by atoms with Crippen LogP contribution in [0.3, 0.4) is 0 Å². The van der Waals surface area contributed by atoms with Gasteiger partial charge in [0.15, 0.2) is 0 Å². The number of benzene rings is 1. The first-order valence-electron chi connectivity index (χ1n) is 6.13. The van der Waals surface area contributed by atoms with Crippen LogP contribution in [-0.4, -0.2) is 26.2 Å². The van der Waals surface area contributed by atoms with Gasteiger partial charge in [-0.25, -0.2) is 0 Å². The molecule has 0 aromatic heterocycles. The Kier molecular flexibility index (Phi) is 4.04. The predicted octanol–water partition coefficient (Wildman–Crippen LogP) is 1.86. The van der Waals surface area contributed by atoms with E-state index < -0.39 is 16.2 Å². The van der Waals surface area contributed by atoms with Crippen molar-refractivity contribution in [1.29, 1.82) is 0 Å². The van der Waals surface area contributed by atoms with Gasteiger partial charge in [-0.1, -0.05) is 24.1 Å². The smallest absolute Gasteiger partial charge is 0.296 e. The van der Waals surface area contributed by atoms with E-state index in [0.29, 0.717) is 0 Å². The van der Waals surface area contributed by atoms with Gasteiger partial charge in [0.25, 0.3) is 10.1 Å². The second-order valence-corrected chi connectivity index (χ2v) is 6.43. The zero-order valence-electron chi connectivity index (χ0n) is 10.4. The molecular formula is C13H18O4S. The second kappa shape index (κ2) is 5.38. The minimum atomic E-state index is -3.70. The molecule has 1 aliphatic rings. The van der Waals surface area contributed by atoms with Crippen LogP contribution in [0.15, 0.2) is 29.2 Å². The molecule has 2 rings (SSSR count). The molecule has 0 heterocycles. The summed E-state index contributed by atoms with van der Waals surface area (Å²) in [6, 6.07) is 6.55. The SMILES string of the molecule is Cc1ccc(S(=O)(=O)OCC2CCCC2O)cc1. The van der Waals surface area contributed by atoms with Crippen molar-refractivity contribution >= 4 is 10.1 Å². The van der Waals surface area contributed by atoms with E-state index in [2.05, 4.69) is 0 Å². The number of hydrogen-bond donors (Lipinski definition) is 1. The van der Waals surface area contributed by atoms with E-state index >= 15 is 0 Å². The van der Waals surface area contributed by atoms with Gasteiger partial charge in [-0.05, 0) is 31.9 Å². The van der Waals surface area contributed by atoms with Gasteiger partial charge in [-0.2, -0.15) is 8.42 Å². The molecule has 5 heteroatoms. The number of hydrogen-bond acceptors (Lipinski definition) is 4. The third-order valence-electron chi connectivity index (χ3n) is 3.37. The Morgan fingerprint density at radius 3 is 2.50 bits per heavy atom. The van der Waals surface area contributed by atoms with Crippen LogP contribution in [0.2, 0.25) is 0 Å². The minimum Gasteiger partial charge on any atom is -0.393 e. The summed E-state index contributed by atoms with van der Waals surface area (Å²) in [7, 11) is -3.70. The van der Waals surface area contributed by atoms with Crippen LogP contribution in [0.4, 0.5) is 0 Å². The van der Waals surface area contributed by atoms with E-state index in [1.807, 2.05) is 6.92 Å². The number of aliphatic hydroxyl groups is 1. The molecule has 0 radical (unpaired) electrons. The van der Waals surface area contributed by atoms with Crippen molar-refractivity contribution in [1.82, 2.24) is 0 Å². The van der Waals surface area contributed by atoms with Crippen LogP contribution in [0.1, 0.15) is 24.8 Å². The first-order chi connectivity index (χ1) is 8.49. The van der Waals surface area contributed by atoms with Crippen LogP contribution in [-0.2, 0) is 14.3 Å². The number of aryl methyl sites for hydroxylation is 1. The maximum atomic E-state index is 11.9. The van der Waals surface area contributed by atoms with Crippen molar-refractivity contribution in [2.24, 2.45) is 5.92 Å². The molecule has 0 amide bonds.